The maximum atomic E-state index is 13.9. The molecule has 5 nitrogen and oxygen atoms in total. The number of anilines is 1. The number of rotatable bonds is 1. The number of halogens is 1. The highest BCUT2D eigenvalue weighted by Gasteiger charge is 2.20. The Kier molecular flexibility index (Phi) is 3.00. The molecular weight excluding hydrogens is 281 g/mol. The normalized spacial score (nSPS) is 16.8. The smallest absolute Gasteiger partial charge is 0.180 e. The quantitative estimate of drug-likeness (QED) is 0.689. The van der Waals surface area contributed by atoms with Crippen LogP contribution in [0.4, 0.5) is 10.2 Å². The fraction of sp³-hybridized carbons (Fsp3) is 0.375. The van der Waals surface area contributed by atoms with E-state index in [1.807, 2.05) is 16.7 Å². The van der Waals surface area contributed by atoms with Crippen LogP contribution in [0, 0.1) is 12.7 Å². The van der Waals surface area contributed by atoms with Crippen LogP contribution in [0.3, 0.4) is 0 Å². The molecule has 0 aliphatic carbocycles. The lowest BCUT2D eigenvalue weighted by atomic mass is 10.2. The summed E-state index contributed by atoms with van der Waals surface area (Å²) in [4.78, 5) is 13.7. The molecule has 6 heteroatoms. The Morgan fingerprint density at radius 1 is 1.14 bits per heavy atom. The number of fused-ring (bicyclic) bond motifs is 3. The van der Waals surface area contributed by atoms with Gasteiger partial charge in [0, 0.05) is 44.6 Å². The summed E-state index contributed by atoms with van der Waals surface area (Å²) in [7, 11) is 2.12. The van der Waals surface area contributed by atoms with Gasteiger partial charge in [-0.3, -0.25) is 4.40 Å². The SMILES string of the molecule is Cc1cc2c(cc1F)nc(N1CCN(C)CC1)c1nccn12. The Labute approximate surface area is 128 Å². The van der Waals surface area contributed by atoms with E-state index in [0.717, 1.165) is 43.2 Å². The van der Waals surface area contributed by atoms with E-state index in [-0.39, 0.29) is 5.82 Å². The molecule has 3 aromatic rings. The summed E-state index contributed by atoms with van der Waals surface area (Å²) < 4.78 is 15.9. The minimum atomic E-state index is -0.219. The van der Waals surface area contributed by atoms with Gasteiger partial charge in [-0.2, -0.15) is 0 Å². The number of hydrogen-bond donors (Lipinski definition) is 0. The van der Waals surface area contributed by atoms with E-state index in [4.69, 9.17) is 4.98 Å². The molecule has 1 fully saturated rings. The Morgan fingerprint density at radius 3 is 2.68 bits per heavy atom. The van der Waals surface area contributed by atoms with Crippen molar-refractivity contribution in [3.8, 4) is 0 Å². The van der Waals surface area contributed by atoms with Gasteiger partial charge in [0.2, 0.25) is 0 Å². The Hall–Kier alpha value is -2.21. The molecule has 0 amide bonds. The second-order valence-electron chi connectivity index (χ2n) is 5.94. The van der Waals surface area contributed by atoms with Crippen molar-refractivity contribution >= 4 is 22.5 Å². The van der Waals surface area contributed by atoms with E-state index in [9.17, 15) is 4.39 Å². The topological polar surface area (TPSA) is 36.7 Å². The van der Waals surface area contributed by atoms with Gasteiger partial charge < -0.3 is 9.80 Å². The van der Waals surface area contributed by atoms with Crippen molar-refractivity contribution in [3.05, 3.63) is 35.9 Å². The zero-order chi connectivity index (χ0) is 15.3. The number of hydrogen-bond acceptors (Lipinski definition) is 4. The molecule has 1 saturated heterocycles. The minimum absolute atomic E-state index is 0.219. The van der Waals surface area contributed by atoms with Gasteiger partial charge in [-0.15, -0.1) is 0 Å². The van der Waals surface area contributed by atoms with Gasteiger partial charge in [0.05, 0.1) is 11.0 Å². The number of imidazole rings is 1. The molecule has 4 rings (SSSR count). The third kappa shape index (κ3) is 2.02. The number of nitrogens with zero attached hydrogens (tertiary/aromatic N) is 5. The fourth-order valence-electron chi connectivity index (χ4n) is 3.00. The average molecular weight is 299 g/mol. The molecule has 0 N–H and O–H groups in total. The van der Waals surface area contributed by atoms with Crippen LogP contribution in [0.1, 0.15) is 5.56 Å². The number of benzene rings is 1. The van der Waals surface area contributed by atoms with E-state index in [1.165, 1.54) is 6.07 Å². The van der Waals surface area contributed by atoms with Crippen LogP contribution in [-0.4, -0.2) is 52.5 Å². The van der Waals surface area contributed by atoms with E-state index in [0.29, 0.717) is 11.1 Å². The van der Waals surface area contributed by atoms with E-state index >= 15 is 0 Å². The standard InChI is InChI=1S/C16H18FN5/c1-11-9-14-13(10-12(11)17)19-16(15-18-3-4-22(14)15)21-7-5-20(2)6-8-21/h3-4,9-10H,5-8H2,1-2H3. The molecule has 1 aliphatic heterocycles. The van der Waals surface area contributed by atoms with Gasteiger partial charge >= 0.3 is 0 Å². The number of likely N-dealkylation sites (N-methyl/N-ethyl adjacent to an activating group) is 1. The highest BCUT2D eigenvalue weighted by molar-refractivity contribution is 5.83. The van der Waals surface area contributed by atoms with Crippen LogP contribution in [-0.2, 0) is 0 Å². The van der Waals surface area contributed by atoms with E-state index in [2.05, 4.69) is 21.8 Å². The second-order valence-corrected chi connectivity index (χ2v) is 5.94. The Bertz CT molecular complexity index is 848. The third-order valence-electron chi connectivity index (χ3n) is 4.39. The highest BCUT2D eigenvalue weighted by Crippen LogP contribution is 2.26. The van der Waals surface area contributed by atoms with Crippen LogP contribution in [0.25, 0.3) is 16.7 Å². The van der Waals surface area contributed by atoms with Crippen LogP contribution < -0.4 is 4.90 Å². The van der Waals surface area contributed by atoms with Crippen molar-refractivity contribution in [3.63, 3.8) is 0 Å². The molecule has 0 atom stereocenters. The van der Waals surface area contributed by atoms with Crippen molar-refractivity contribution < 1.29 is 4.39 Å². The summed E-state index contributed by atoms with van der Waals surface area (Å²) in [6.45, 7) is 5.58. The van der Waals surface area contributed by atoms with Gasteiger partial charge in [-0.1, -0.05) is 0 Å². The summed E-state index contributed by atoms with van der Waals surface area (Å²) in [5, 5.41) is 0. The molecule has 114 valence electrons. The van der Waals surface area contributed by atoms with Gasteiger partial charge in [0.1, 0.15) is 5.82 Å². The monoisotopic (exact) mass is 299 g/mol. The number of piperazine rings is 1. The first kappa shape index (κ1) is 13.5. The molecule has 0 bridgehead atoms. The largest absolute Gasteiger partial charge is 0.351 e. The molecule has 3 heterocycles. The van der Waals surface area contributed by atoms with Crippen molar-refractivity contribution in [1.29, 1.82) is 0 Å². The first-order valence-electron chi connectivity index (χ1n) is 7.50. The summed E-state index contributed by atoms with van der Waals surface area (Å²) >= 11 is 0. The molecule has 0 unspecified atom stereocenters. The summed E-state index contributed by atoms with van der Waals surface area (Å²) in [5.41, 5.74) is 3.02. The first-order valence-corrected chi connectivity index (χ1v) is 7.50. The second kappa shape index (κ2) is 4.91. The van der Waals surface area contributed by atoms with Crippen molar-refractivity contribution in [2.75, 3.05) is 38.1 Å². The first-order chi connectivity index (χ1) is 10.6. The predicted molar refractivity (Wildman–Crippen MR) is 84.9 cm³/mol. The zero-order valence-corrected chi connectivity index (χ0v) is 12.8. The zero-order valence-electron chi connectivity index (χ0n) is 12.8. The summed E-state index contributed by atoms with van der Waals surface area (Å²) in [6.07, 6.45) is 3.69. The Balaban J connectivity index is 1.93. The van der Waals surface area contributed by atoms with Crippen LogP contribution in [0.15, 0.2) is 24.5 Å². The van der Waals surface area contributed by atoms with Gasteiger partial charge in [-0.05, 0) is 25.6 Å². The van der Waals surface area contributed by atoms with Crippen molar-refractivity contribution in [2.24, 2.45) is 0 Å². The van der Waals surface area contributed by atoms with Crippen molar-refractivity contribution in [2.45, 2.75) is 6.92 Å². The molecular formula is C16H18FN5. The number of aromatic nitrogens is 3. The van der Waals surface area contributed by atoms with Crippen LogP contribution in [0.5, 0.6) is 0 Å². The molecule has 2 aromatic heterocycles. The van der Waals surface area contributed by atoms with Gasteiger partial charge in [0.15, 0.2) is 11.5 Å². The fourth-order valence-corrected chi connectivity index (χ4v) is 3.00. The van der Waals surface area contributed by atoms with Crippen LogP contribution in [0.2, 0.25) is 0 Å². The van der Waals surface area contributed by atoms with Crippen LogP contribution >= 0.6 is 0 Å². The third-order valence-corrected chi connectivity index (χ3v) is 4.39. The lowest BCUT2D eigenvalue weighted by Gasteiger charge is -2.33. The van der Waals surface area contributed by atoms with Crippen molar-refractivity contribution in [1.82, 2.24) is 19.3 Å². The molecule has 0 spiro atoms. The number of aryl methyl sites for hydroxylation is 1. The molecule has 0 radical (unpaired) electrons. The maximum Gasteiger partial charge on any atom is 0.180 e. The predicted octanol–water partition coefficient (Wildman–Crippen LogP) is 2.08. The lowest BCUT2D eigenvalue weighted by molar-refractivity contribution is 0.312. The highest BCUT2D eigenvalue weighted by atomic mass is 19.1. The van der Waals surface area contributed by atoms with E-state index < -0.39 is 0 Å². The molecule has 1 aromatic carbocycles. The molecule has 0 saturated carbocycles. The molecule has 22 heavy (non-hydrogen) atoms. The minimum Gasteiger partial charge on any atom is -0.351 e. The Morgan fingerprint density at radius 2 is 1.91 bits per heavy atom. The maximum absolute atomic E-state index is 13.9. The average Bonchev–Trinajstić information content (AvgIpc) is 2.99. The molecule has 1 aliphatic rings. The van der Waals surface area contributed by atoms with Gasteiger partial charge in [0.25, 0.3) is 0 Å². The summed E-state index contributed by atoms with van der Waals surface area (Å²) in [5.74, 6) is 0.623. The van der Waals surface area contributed by atoms with E-state index in [1.54, 1.807) is 13.1 Å². The van der Waals surface area contributed by atoms with Gasteiger partial charge in [-0.25, -0.2) is 14.4 Å². The summed E-state index contributed by atoms with van der Waals surface area (Å²) in [6, 6.07) is 3.35. The lowest BCUT2D eigenvalue weighted by Crippen LogP contribution is -2.45.